The van der Waals surface area contributed by atoms with Crippen LogP contribution in [-0.4, -0.2) is 15.4 Å². The first-order chi connectivity index (χ1) is 9.38. The molecule has 0 saturated heterocycles. The van der Waals surface area contributed by atoms with E-state index in [1.165, 1.54) is 16.8 Å². The lowest BCUT2D eigenvalue weighted by atomic mass is 10.1. The van der Waals surface area contributed by atoms with Crippen LogP contribution >= 0.6 is 0 Å². The third-order valence-corrected chi connectivity index (χ3v) is 3.20. The van der Waals surface area contributed by atoms with E-state index in [-0.39, 0.29) is 17.3 Å². The fourth-order valence-corrected chi connectivity index (χ4v) is 1.89. The summed E-state index contributed by atoms with van der Waals surface area (Å²) in [5.41, 5.74) is 3.02. The lowest BCUT2D eigenvalue weighted by Gasteiger charge is -2.07. The van der Waals surface area contributed by atoms with Gasteiger partial charge in [-0.25, -0.2) is 0 Å². The zero-order valence-corrected chi connectivity index (χ0v) is 11.5. The lowest BCUT2D eigenvalue weighted by molar-refractivity contribution is -0.384. The van der Waals surface area contributed by atoms with Gasteiger partial charge in [-0.3, -0.25) is 14.9 Å². The summed E-state index contributed by atoms with van der Waals surface area (Å²) in [4.78, 5) is 22.3. The average molecular weight is 273 g/mol. The molecule has 6 heteroatoms. The van der Waals surface area contributed by atoms with Gasteiger partial charge in [0, 0.05) is 18.8 Å². The van der Waals surface area contributed by atoms with E-state index in [1.54, 1.807) is 13.1 Å². The summed E-state index contributed by atoms with van der Waals surface area (Å²) in [6, 6.07) is 6.84. The number of amides is 1. The number of nitrogens with one attached hydrogen (secondary N) is 1. The summed E-state index contributed by atoms with van der Waals surface area (Å²) in [6.45, 7) is 3.94. The first-order valence-corrected chi connectivity index (χ1v) is 6.08. The van der Waals surface area contributed by atoms with Crippen LogP contribution in [0, 0.1) is 24.0 Å². The summed E-state index contributed by atoms with van der Waals surface area (Å²) in [5.74, 6) is -0.371. The molecule has 0 fully saturated rings. The highest BCUT2D eigenvalue weighted by Crippen LogP contribution is 2.18. The Morgan fingerprint density at radius 1 is 1.25 bits per heavy atom. The van der Waals surface area contributed by atoms with Gasteiger partial charge in [-0.05, 0) is 37.1 Å². The van der Waals surface area contributed by atoms with Crippen LogP contribution in [-0.2, 0) is 7.05 Å². The number of hydrogen-bond donors (Lipinski definition) is 1. The number of benzene rings is 1. The van der Waals surface area contributed by atoms with Crippen molar-refractivity contribution in [2.45, 2.75) is 13.8 Å². The summed E-state index contributed by atoms with van der Waals surface area (Å²) in [6.07, 6.45) is 1.31. The Kier molecular flexibility index (Phi) is 3.56. The van der Waals surface area contributed by atoms with Crippen molar-refractivity contribution in [1.29, 1.82) is 0 Å². The van der Waals surface area contributed by atoms with Crippen molar-refractivity contribution in [3.63, 3.8) is 0 Å². The molecule has 0 saturated carbocycles. The molecule has 0 aliphatic heterocycles. The van der Waals surface area contributed by atoms with Crippen molar-refractivity contribution in [1.82, 2.24) is 4.57 Å². The molecule has 0 atom stereocenters. The maximum absolute atomic E-state index is 12.1. The predicted molar refractivity (Wildman–Crippen MR) is 75.9 cm³/mol. The molecule has 0 bridgehead atoms. The molecular weight excluding hydrogens is 258 g/mol. The second-order valence-corrected chi connectivity index (χ2v) is 4.70. The van der Waals surface area contributed by atoms with E-state index in [4.69, 9.17) is 0 Å². The Morgan fingerprint density at radius 3 is 2.50 bits per heavy atom. The Morgan fingerprint density at radius 2 is 1.95 bits per heavy atom. The second-order valence-electron chi connectivity index (χ2n) is 4.70. The van der Waals surface area contributed by atoms with E-state index in [0.29, 0.717) is 5.69 Å². The number of carbonyl (C=O) groups is 1. The van der Waals surface area contributed by atoms with Gasteiger partial charge in [-0.15, -0.1) is 0 Å². The highest BCUT2D eigenvalue weighted by Gasteiger charge is 2.17. The smallest absolute Gasteiger partial charge is 0.287 e. The molecule has 1 amide bonds. The predicted octanol–water partition coefficient (Wildman–Crippen LogP) is 2.80. The number of anilines is 1. The second kappa shape index (κ2) is 5.16. The topological polar surface area (TPSA) is 77.2 Å². The minimum Gasteiger partial charge on any atom is -0.340 e. The maximum Gasteiger partial charge on any atom is 0.287 e. The van der Waals surface area contributed by atoms with Crippen LogP contribution in [0.3, 0.4) is 0 Å². The Bertz CT molecular complexity index is 689. The molecule has 1 N–H and O–H groups in total. The SMILES string of the molecule is Cc1ccc(NC(=O)c2cc([N+](=O)[O-])cn2C)cc1C. The van der Waals surface area contributed by atoms with E-state index in [0.717, 1.165) is 11.1 Å². The first kappa shape index (κ1) is 13.8. The number of aryl methyl sites for hydroxylation is 3. The fourth-order valence-electron chi connectivity index (χ4n) is 1.89. The highest BCUT2D eigenvalue weighted by atomic mass is 16.6. The van der Waals surface area contributed by atoms with Gasteiger partial charge in [0.2, 0.25) is 0 Å². The summed E-state index contributed by atoms with van der Waals surface area (Å²) in [5, 5.41) is 13.4. The number of rotatable bonds is 3. The van der Waals surface area contributed by atoms with Gasteiger partial charge >= 0.3 is 0 Å². The molecule has 1 aromatic heterocycles. The van der Waals surface area contributed by atoms with Crippen molar-refractivity contribution in [2.75, 3.05) is 5.32 Å². The quantitative estimate of drug-likeness (QED) is 0.690. The lowest BCUT2D eigenvalue weighted by Crippen LogP contribution is -2.15. The number of hydrogen-bond acceptors (Lipinski definition) is 3. The first-order valence-electron chi connectivity index (χ1n) is 6.08. The number of carbonyl (C=O) groups excluding carboxylic acids is 1. The van der Waals surface area contributed by atoms with Gasteiger partial charge in [0.1, 0.15) is 5.69 Å². The van der Waals surface area contributed by atoms with E-state index >= 15 is 0 Å². The van der Waals surface area contributed by atoms with Gasteiger partial charge in [-0.2, -0.15) is 0 Å². The van der Waals surface area contributed by atoms with E-state index in [1.807, 2.05) is 26.0 Å². The third-order valence-electron chi connectivity index (χ3n) is 3.20. The van der Waals surface area contributed by atoms with Crippen LogP contribution in [0.5, 0.6) is 0 Å². The molecule has 0 aliphatic carbocycles. The van der Waals surface area contributed by atoms with Crippen LogP contribution in [0.2, 0.25) is 0 Å². The van der Waals surface area contributed by atoms with E-state index in [9.17, 15) is 14.9 Å². The molecule has 2 aromatic rings. The van der Waals surface area contributed by atoms with Crippen LogP contribution < -0.4 is 5.32 Å². The van der Waals surface area contributed by atoms with E-state index < -0.39 is 4.92 Å². The Labute approximate surface area is 116 Å². The van der Waals surface area contributed by atoms with Crippen LogP contribution in [0.25, 0.3) is 0 Å². The van der Waals surface area contributed by atoms with Gasteiger partial charge in [0.05, 0.1) is 11.1 Å². The Balaban J connectivity index is 2.23. The largest absolute Gasteiger partial charge is 0.340 e. The van der Waals surface area contributed by atoms with E-state index in [2.05, 4.69) is 5.32 Å². The fraction of sp³-hybridized carbons (Fsp3) is 0.214. The molecule has 0 aliphatic rings. The van der Waals surface area contributed by atoms with Gasteiger partial charge in [-0.1, -0.05) is 6.07 Å². The van der Waals surface area contributed by atoms with Gasteiger partial charge in [0.25, 0.3) is 11.6 Å². The number of aromatic nitrogens is 1. The molecule has 0 unspecified atom stereocenters. The summed E-state index contributed by atoms with van der Waals surface area (Å²) in [7, 11) is 1.60. The Hall–Kier alpha value is -2.63. The van der Waals surface area contributed by atoms with Crippen molar-refractivity contribution < 1.29 is 9.72 Å². The van der Waals surface area contributed by atoms with Crippen molar-refractivity contribution >= 4 is 17.3 Å². The molecule has 0 spiro atoms. The molecule has 1 heterocycles. The van der Waals surface area contributed by atoms with Crippen LogP contribution in [0.1, 0.15) is 21.6 Å². The third kappa shape index (κ3) is 2.69. The van der Waals surface area contributed by atoms with Crippen LogP contribution in [0.4, 0.5) is 11.4 Å². The molecule has 2 rings (SSSR count). The van der Waals surface area contributed by atoms with Crippen molar-refractivity contribution in [3.05, 3.63) is 57.4 Å². The normalized spacial score (nSPS) is 10.3. The zero-order valence-electron chi connectivity index (χ0n) is 11.5. The molecular formula is C14H15N3O3. The monoisotopic (exact) mass is 273 g/mol. The van der Waals surface area contributed by atoms with Gasteiger partial charge in [0.15, 0.2) is 0 Å². The zero-order chi connectivity index (χ0) is 14.9. The van der Waals surface area contributed by atoms with Crippen LogP contribution in [0.15, 0.2) is 30.5 Å². The minimum atomic E-state index is -0.521. The summed E-state index contributed by atoms with van der Waals surface area (Å²) >= 11 is 0. The standard InChI is InChI=1S/C14H15N3O3/c1-9-4-5-11(6-10(9)2)15-14(18)13-7-12(17(19)20)8-16(13)3/h4-8H,1-3H3,(H,15,18). The van der Waals surface area contributed by atoms with Crippen molar-refractivity contribution in [2.24, 2.45) is 7.05 Å². The number of nitro groups is 1. The molecule has 1 aromatic carbocycles. The summed E-state index contributed by atoms with van der Waals surface area (Å²) < 4.78 is 1.44. The molecule has 20 heavy (non-hydrogen) atoms. The average Bonchev–Trinajstić information content (AvgIpc) is 2.76. The maximum atomic E-state index is 12.1. The molecule has 104 valence electrons. The minimum absolute atomic E-state index is 0.0993. The molecule has 0 radical (unpaired) electrons. The molecule has 6 nitrogen and oxygen atoms in total. The highest BCUT2D eigenvalue weighted by molar-refractivity contribution is 6.03. The van der Waals surface area contributed by atoms with Gasteiger partial charge < -0.3 is 9.88 Å². The van der Waals surface area contributed by atoms with Crippen molar-refractivity contribution in [3.8, 4) is 0 Å². The number of nitrogens with zero attached hydrogens (tertiary/aromatic N) is 2.